The number of hydrogen-bond donors (Lipinski definition) is 3. The van der Waals surface area contributed by atoms with Crippen molar-refractivity contribution in [3.63, 3.8) is 0 Å². The highest BCUT2D eigenvalue weighted by molar-refractivity contribution is 5.94. The first-order valence-electron chi connectivity index (χ1n) is 6.87. The number of carbonyl (C=O) groups is 1. The van der Waals surface area contributed by atoms with Crippen LogP contribution in [0.1, 0.15) is 19.3 Å². The third-order valence-electron chi connectivity index (χ3n) is 3.65. The monoisotopic (exact) mass is 271 g/mol. The number of pyridine rings is 1. The van der Waals surface area contributed by atoms with Crippen LogP contribution in [0, 0.1) is 0 Å². The predicted octanol–water partition coefficient (Wildman–Crippen LogP) is 1.61. The number of hydrogen-bond acceptors (Lipinski definition) is 3. The van der Waals surface area contributed by atoms with Crippen molar-refractivity contribution in [3.05, 3.63) is 40.8 Å². The molecule has 0 saturated carbocycles. The van der Waals surface area contributed by atoms with E-state index in [-0.39, 0.29) is 11.5 Å². The average molecular weight is 271 g/mol. The summed E-state index contributed by atoms with van der Waals surface area (Å²) in [5.41, 5.74) is 0.613. The zero-order valence-corrected chi connectivity index (χ0v) is 11.1. The Bertz CT molecular complexity index is 687. The molecule has 5 heteroatoms. The second-order valence-electron chi connectivity index (χ2n) is 5.15. The third-order valence-corrected chi connectivity index (χ3v) is 3.65. The minimum Gasteiger partial charge on any atom is -0.329 e. The van der Waals surface area contributed by atoms with Gasteiger partial charge in [-0.3, -0.25) is 9.59 Å². The van der Waals surface area contributed by atoms with Gasteiger partial charge >= 0.3 is 0 Å². The van der Waals surface area contributed by atoms with Gasteiger partial charge < -0.3 is 15.6 Å². The van der Waals surface area contributed by atoms with Crippen LogP contribution in [-0.2, 0) is 4.79 Å². The summed E-state index contributed by atoms with van der Waals surface area (Å²) in [7, 11) is 0. The summed E-state index contributed by atoms with van der Waals surface area (Å²) in [5.74, 6) is 0.00795. The summed E-state index contributed by atoms with van der Waals surface area (Å²) in [6.45, 7) is 0.997. The molecular formula is C15H17N3O2. The Labute approximate surface area is 116 Å². The minimum atomic E-state index is -0.115. The largest absolute Gasteiger partial charge is 0.329 e. The molecule has 0 spiro atoms. The number of aromatic nitrogens is 1. The lowest BCUT2D eigenvalue weighted by atomic mass is 10.1. The molecule has 104 valence electrons. The van der Waals surface area contributed by atoms with Gasteiger partial charge in [-0.25, -0.2) is 0 Å². The van der Waals surface area contributed by atoms with E-state index >= 15 is 0 Å². The Morgan fingerprint density at radius 1 is 1.35 bits per heavy atom. The molecule has 2 aromatic rings. The fraction of sp³-hybridized carbons (Fsp3) is 0.333. The molecule has 1 amide bonds. The average Bonchev–Trinajstić information content (AvgIpc) is 2.91. The van der Waals surface area contributed by atoms with Crippen LogP contribution in [0.25, 0.3) is 10.8 Å². The van der Waals surface area contributed by atoms with Gasteiger partial charge in [0.25, 0.3) is 5.56 Å². The summed E-state index contributed by atoms with van der Waals surface area (Å²) in [4.78, 5) is 26.2. The van der Waals surface area contributed by atoms with E-state index in [0.29, 0.717) is 17.8 Å². The van der Waals surface area contributed by atoms with Crippen LogP contribution in [0.5, 0.6) is 0 Å². The van der Waals surface area contributed by atoms with E-state index in [0.717, 1.165) is 30.5 Å². The number of amides is 1. The van der Waals surface area contributed by atoms with E-state index in [9.17, 15) is 9.59 Å². The molecular weight excluding hydrogens is 254 g/mol. The first-order valence-corrected chi connectivity index (χ1v) is 6.87. The first-order chi connectivity index (χ1) is 9.72. The second kappa shape index (κ2) is 5.46. The van der Waals surface area contributed by atoms with Crippen LogP contribution >= 0.6 is 0 Å². The van der Waals surface area contributed by atoms with E-state index in [2.05, 4.69) is 15.6 Å². The summed E-state index contributed by atoms with van der Waals surface area (Å²) in [6.07, 6.45) is 4.29. The Hall–Kier alpha value is -2.14. The third kappa shape index (κ3) is 2.72. The molecule has 1 atom stereocenters. The van der Waals surface area contributed by atoms with Crippen molar-refractivity contribution in [2.75, 3.05) is 11.9 Å². The summed E-state index contributed by atoms with van der Waals surface area (Å²) in [5, 5.41) is 7.65. The number of carbonyl (C=O) groups excluding carboxylic acids is 1. The maximum Gasteiger partial charge on any atom is 0.255 e. The van der Waals surface area contributed by atoms with Crippen molar-refractivity contribution < 1.29 is 4.79 Å². The number of rotatable bonds is 3. The van der Waals surface area contributed by atoms with Gasteiger partial charge in [0.1, 0.15) is 0 Å². The van der Waals surface area contributed by atoms with Crippen molar-refractivity contribution in [2.24, 2.45) is 0 Å². The standard InChI is InChI=1S/C15H17N3O2/c19-14(9-11-2-1-6-16-11)18-12-3-4-13-10(8-12)5-7-17-15(13)20/h3-5,7-8,11,16H,1-2,6,9H2,(H,17,20)(H,18,19)/t11-/m1/s1. The van der Waals surface area contributed by atoms with Crippen LogP contribution in [0.15, 0.2) is 35.3 Å². The lowest BCUT2D eigenvalue weighted by Gasteiger charge is -2.10. The van der Waals surface area contributed by atoms with Gasteiger partial charge in [-0.1, -0.05) is 0 Å². The van der Waals surface area contributed by atoms with Crippen LogP contribution in [-0.4, -0.2) is 23.5 Å². The molecule has 5 nitrogen and oxygen atoms in total. The number of anilines is 1. The molecule has 3 rings (SSSR count). The Balaban J connectivity index is 1.74. The molecule has 0 unspecified atom stereocenters. The lowest BCUT2D eigenvalue weighted by Crippen LogP contribution is -2.27. The van der Waals surface area contributed by atoms with Gasteiger partial charge in [-0.2, -0.15) is 0 Å². The molecule has 1 aromatic heterocycles. The molecule has 1 aliphatic heterocycles. The summed E-state index contributed by atoms with van der Waals surface area (Å²) >= 11 is 0. The zero-order chi connectivity index (χ0) is 13.9. The topological polar surface area (TPSA) is 74.0 Å². The lowest BCUT2D eigenvalue weighted by molar-refractivity contribution is -0.116. The summed E-state index contributed by atoms with van der Waals surface area (Å²) < 4.78 is 0. The number of aromatic amines is 1. The van der Waals surface area contributed by atoms with E-state index in [1.54, 1.807) is 18.3 Å². The van der Waals surface area contributed by atoms with Crippen molar-refractivity contribution in [1.82, 2.24) is 10.3 Å². The second-order valence-corrected chi connectivity index (χ2v) is 5.15. The molecule has 1 aliphatic rings. The van der Waals surface area contributed by atoms with Gasteiger partial charge in [0.2, 0.25) is 5.91 Å². The molecule has 1 fully saturated rings. The summed E-state index contributed by atoms with van der Waals surface area (Å²) in [6, 6.07) is 7.43. The molecule has 2 heterocycles. The maximum atomic E-state index is 12.0. The Morgan fingerprint density at radius 2 is 2.25 bits per heavy atom. The number of fused-ring (bicyclic) bond motifs is 1. The van der Waals surface area contributed by atoms with Crippen LogP contribution < -0.4 is 16.2 Å². The van der Waals surface area contributed by atoms with Gasteiger partial charge in [0, 0.05) is 29.7 Å². The molecule has 1 aromatic carbocycles. The van der Waals surface area contributed by atoms with Crippen LogP contribution in [0.4, 0.5) is 5.69 Å². The number of H-pyrrole nitrogens is 1. The first kappa shape index (κ1) is 12.9. The highest BCUT2D eigenvalue weighted by atomic mass is 16.1. The van der Waals surface area contributed by atoms with Gasteiger partial charge in [-0.15, -0.1) is 0 Å². The molecule has 0 aliphatic carbocycles. The Morgan fingerprint density at radius 3 is 3.05 bits per heavy atom. The maximum absolute atomic E-state index is 12.0. The molecule has 0 radical (unpaired) electrons. The minimum absolute atomic E-state index is 0.00795. The van der Waals surface area contributed by atoms with Gasteiger partial charge in [-0.05, 0) is 49.0 Å². The Kier molecular flexibility index (Phi) is 3.52. The molecule has 0 bridgehead atoms. The van der Waals surface area contributed by atoms with E-state index in [1.165, 1.54) is 0 Å². The van der Waals surface area contributed by atoms with Crippen molar-refractivity contribution in [2.45, 2.75) is 25.3 Å². The molecule has 3 N–H and O–H groups in total. The van der Waals surface area contributed by atoms with E-state index in [1.807, 2.05) is 12.1 Å². The van der Waals surface area contributed by atoms with Crippen molar-refractivity contribution >= 4 is 22.4 Å². The molecule has 20 heavy (non-hydrogen) atoms. The van der Waals surface area contributed by atoms with Crippen LogP contribution in [0.3, 0.4) is 0 Å². The van der Waals surface area contributed by atoms with E-state index in [4.69, 9.17) is 0 Å². The van der Waals surface area contributed by atoms with Crippen LogP contribution in [0.2, 0.25) is 0 Å². The SMILES string of the molecule is O=C(C[C@H]1CCCN1)Nc1ccc2c(=O)[nH]ccc2c1. The van der Waals surface area contributed by atoms with Crippen molar-refractivity contribution in [3.8, 4) is 0 Å². The number of nitrogens with one attached hydrogen (secondary N) is 3. The highest BCUT2D eigenvalue weighted by Crippen LogP contribution is 2.17. The molecule has 1 saturated heterocycles. The predicted molar refractivity (Wildman–Crippen MR) is 78.8 cm³/mol. The fourth-order valence-electron chi connectivity index (χ4n) is 2.64. The quantitative estimate of drug-likeness (QED) is 0.794. The zero-order valence-electron chi connectivity index (χ0n) is 11.1. The number of benzene rings is 1. The van der Waals surface area contributed by atoms with Gasteiger partial charge in [0.15, 0.2) is 0 Å². The smallest absolute Gasteiger partial charge is 0.255 e. The van der Waals surface area contributed by atoms with Crippen molar-refractivity contribution in [1.29, 1.82) is 0 Å². The normalized spacial score (nSPS) is 18.3. The van der Waals surface area contributed by atoms with E-state index < -0.39 is 0 Å². The fourth-order valence-corrected chi connectivity index (χ4v) is 2.64. The van der Waals surface area contributed by atoms with Gasteiger partial charge in [0.05, 0.1) is 0 Å². The highest BCUT2D eigenvalue weighted by Gasteiger charge is 2.17.